The van der Waals surface area contributed by atoms with E-state index in [1.54, 1.807) is 0 Å². The van der Waals surface area contributed by atoms with Crippen LogP contribution in [-0.2, 0) is 24.5 Å². The van der Waals surface area contributed by atoms with Gasteiger partial charge in [0.1, 0.15) is 0 Å². The van der Waals surface area contributed by atoms with Crippen molar-refractivity contribution in [3.05, 3.63) is 65.2 Å². The van der Waals surface area contributed by atoms with Crippen molar-refractivity contribution < 1.29 is 9.90 Å². The minimum Gasteiger partial charge on any atom is -0.392 e. The number of amides is 1. The van der Waals surface area contributed by atoms with Crippen LogP contribution in [0, 0.1) is 0 Å². The Bertz CT molecular complexity index is 824. The first-order valence-corrected chi connectivity index (χ1v) is 9.80. The highest BCUT2D eigenvalue weighted by Gasteiger charge is 2.21. The van der Waals surface area contributed by atoms with E-state index in [9.17, 15) is 9.90 Å². The van der Waals surface area contributed by atoms with Gasteiger partial charge in [-0.2, -0.15) is 0 Å². The highest BCUT2D eigenvalue weighted by Crippen LogP contribution is 2.21. The lowest BCUT2D eigenvalue weighted by Crippen LogP contribution is -2.37. The van der Waals surface area contributed by atoms with E-state index in [1.165, 1.54) is 0 Å². The number of carbonyl (C=O) groups excluding carboxylic acids is 1. The Morgan fingerprint density at radius 3 is 2.45 bits per heavy atom. The van der Waals surface area contributed by atoms with Crippen molar-refractivity contribution in [2.24, 2.45) is 4.99 Å². The Morgan fingerprint density at radius 2 is 1.83 bits per heavy atom. The lowest BCUT2D eigenvalue weighted by Gasteiger charge is -2.16. The Balaban J connectivity index is 0.00000300. The van der Waals surface area contributed by atoms with Gasteiger partial charge in [-0.05, 0) is 42.2 Å². The summed E-state index contributed by atoms with van der Waals surface area (Å²) in [5.74, 6) is 0.932. The lowest BCUT2D eigenvalue weighted by molar-refractivity contribution is -0.117. The zero-order valence-corrected chi connectivity index (χ0v) is 19.1. The van der Waals surface area contributed by atoms with Gasteiger partial charge >= 0.3 is 0 Å². The van der Waals surface area contributed by atoms with Gasteiger partial charge in [0.15, 0.2) is 5.96 Å². The first-order valence-electron chi connectivity index (χ1n) is 9.80. The standard InChI is InChI=1S/C22H28N4O2.HI/c1-2-23-22(25-15-18-6-3-4-7-19(18)16-27)24-14-17-9-11-20(12-10-17)26-13-5-8-21(26)28;/h3-4,6-7,9-12,27H,2,5,8,13-16H2,1H3,(H2,23,24,25);1H. The predicted octanol–water partition coefficient (Wildman–Crippen LogP) is 3.18. The van der Waals surface area contributed by atoms with Crippen LogP contribution in [0.5, 0.6) is 0 Å². The summed E-state index contributed by atoms with van der Waals surface area (Å²) in [5.41, 5.74) is 4.01. The molecule has 0 atom stereocenters. The Morgan fingerprint density at radius 1 is 1.10 bits per heavy atom. The van der Waals surface area contributed by atoms with Crippen molar-refractivity contribution >= 4 is 41.5 Å². The van der Waals surface area contributed by atoms with Crippen LogP contribution in [0.4, 0.5) is 5.69 Å². The fraction of sp³-hybridized carbons (Fsp3) is 0.364. The number of anilines is 1. The largest absolute Gasteiger partial charge is 0.392 e. The van der Waals surface area contributed by atoms with Gasteiger partial charge in [-0.15, -0.1) is 24.0 Å². The molecule has 156 valence electrons. The van der Waals surface area contributed by atoms with E-state index in [2.05, 4.69) is 15.6 Å². The van der Waals surface area contributed by atoms with Gasteiger partial charge < -0.3 is 20.6 Å². The maximum absolute atomic E-state index is 11.9. The van der Waals surface area contributed by atoms with Gasteiger partial charge in [0.05, 0.1) is 13.2 Å². The number of aliphatic hydroxyl groups is 1. The van der Waals surface area contributed by atoms with E-state index < -0.39 is 0 Å². The third kappa shape index (κ3) is 6.43. The minimum absolute atomic E-state index is 0. The van der Waals surface area contributed by atoms with Gasteiger partial charge in [0.2, 0.25) is 5.91 Å². The average molecular weight is 508 g/mol. The average Bonchev–Trinajstić information content (AvgIpc) is 3.16. The summed E-state index contributed by atoms with van der Waals surface area (Å²) in [4.78, 5) is 18.3. The topological polar surface area (TPSA) is 77.0 Å². The molecule has 7 heteroatoms. The molecule has 3 rings (SSSR count). The van der Waals surface area contributed by atoms with Gasteiger partial charge in [-0.3, -0.25) is 4.79 Å². The molecule has 1 heterocycles. The molecule has 1 saturated heterocycles. The molecule has 2 aromatic carbocycles. The molecule has 0 aliphatic carbocycles. The third-order valence-electron chi connectivity index (χ3n) is 4.82. The van der Waals surface area contributed by atoms with Crippen LogP contribution in [0.25, 0.3) is 0 Å². The quantitative estimate of drug-likeness (QED) is 0.305. The van der Waals surface area contributed by atoms with Crippen molar-refractivity contribution in [2.45, 2.75) is 39.5 Å². The second-order valence-electron chi connectivity index (χ2n) is 6.79. The SMILES string of the molecule is CCNC(=NCc1ccc(N2CCCC2=O)cc1)NCc1ccccc1CO.I. The first-order chi connectivity index (χ1) is 13.7. The Labute approximate surface area is 189 Å². The summed E-state index contributed by atoms with van der Waals surface area (Å²) < 4.78 is 0. The summed E-state index contributed by atoms with van der Waals surface area (Å²) in [6.07, 6.45) is 1.57. The maximum atomic E-state index is 11.9. The van der Waals surface area contributed by atoms with E-state index in [0.717, 1.165) is 47.8 Å². The highest BCUT2D eigenvalue weighted by molar-refractivity contribution is 14.0. The van der Waals surface area contributed by atoms with Crippen molar-refractivity contribution in [1.29, 1.82) is 0 Å². The highest BCUT2D eigenvalue weighted by atomic mass is 127. The van der Waals surface area contributed by atoms with Crippen LogP contribution in [0.1, 0.15) is 36.5 Å². The van der Waals surface area contributed by atoms with Crippen LogP contribution in [0.2, 0.25) is 0 Å². The summed E-state index contributed by atoms with van der Waals surface area (Å²) in [6, 6.07) is 15.8. The number of benzene rings is 2. The molecular formula is C22H29IN4O2. The van der Waals surface area contributed by atoms with Crippen LogP contribution >= 0.6 is 24.0 Å². The molecule has 6 nitrogen and oxygen atoms in total. The van der Waals surface area contributed by atoms with Crippen LogP contribution in [-0.4, -0.2) is 30.1 Å². The first kappa shape index (κ1) is 23.2. The monoisotopic (exact) mass is 508 g/mol. The molecule has 0 unspecified atom stereocenters. The molecule has 1 aliphatic rings. The predicted molar refractivity (Wildman–Crippen MR) is 127 cm³/mol. The molecule has 2 aromatic rings. The molecule has 29 heavy (non-hydrogen) atoms. The molecule has 0 spiro atoms. The fourth-order valence-corrected chi connectivity index (χ4v) is 3.28. The van der Waals surface area contributed by atoms with Crippen LogP contribution in [0.3, 0.4) is 0 Å². The number of nitrogens with one attached hydrogen (secondary N) is 2. The Hall–Kier alpha value is -2.13. The van der Waals surface area contributed by atoms with Gasteiger partial charge in [0.25, 0.3) is 0 Å². The molecule has 1 aliphatic heterocycles. The zero-order valence-electron chi connectivity index (χ0n) is 16.7. The summed E-state index contributed by atoms with van der Waals surface area (Å²) in [5, 5.41) is 16.0. The normalized spacial score (nSPS) is 13.9. The van der Waals surface area contributed by atoms with Crippen molar-refractivity contribution in [3.8, 4) is 0 Å². The molecule has 1 amide bonds. The summed E-state index contributed by atoms with van der Waals surface area (Å²) in [7, 11) is 0. The molecular weight excluding hydrogens is 479 g/mol. The molecule has 0 saturated carbocycles. The van der Waals surface area contributed by atoms with E-state index in [0.29, 0.717) is 19.5 Å². The third-order valence-corrected chi connectivity index (χ3v) is 4.82. The zero-order chi connectivity index (χ0) is 19.8. The number of nitrogens with zero attached hydrogens (tertiary/aromatic N) is 2. The maximum Gasteiger partial charge on any atom is 0.227 e. The van der Waals surface area contributed by atoms with E-state index in [4.69, 9.17) is 0 Å². The minimum atomic E-state index is 0. The number of guanidine groups is 1. The second-order valence-corrected chi connectivity index (χ2v) is 6.79. The number of carbonyl (C=O) groups is 1. The van der Waals surface area contributed by atoms with E-state index in [1.807, 2.05) is 60.4 Å². The number of hydrogen-bond donors (Lipinski definition) is 3. The summed E-state index contributed by atoms with van der Waals surface area (Å²) >= 11 is 0. The number of aliphatic imine (C=N–C) groups is 1. The Kier molecular flexibility index (Phi) is 9.40. The van der Waals surface area contributed by atoms with Gasteiger partial charge in [-0.1, -0.05) is 36.4 Å². The van der Waals surface area contributed by atoms with Gasteiger partial charge in [-0.25, -0.2) is 4.99 Å². The number of halogens is 1. The van der Waals surface area contributed by atoms with Crippen molar-refractivity contribution in [3.63, 3.8) is 0 Å². The van der Waals surface area contributed by atoms with Crippen LogP contribution < -0.4 is 15.5 Å². The lowest BCUT2D eigenvalue weighted by atomic mass is 10.1. The van der Waals surface area contributed by atoms with Crippen molar-refractivity contribution in [2.75, 3.05) is 18.0 Å². The molecule has 0 aromatic heterocycles. The van der Waals surface area contributed by atoms with E-state index >= 15 is 0 Å². The smallest absolute Gasteiger partial charge is 0.227 e. The van der Waals surface area contributed by atoms with Crippen molar-refractivity contribution in [1.82, 2.24) is 10.6 Å². The fourth-order valence-electron chi connectivity index (χ4n) is 3.28. The van der Waals surface area contributed by atoms with Gasteiger partial charge in [0, 0.05) is 31.7 Å². The number of aliphatic hydroxyl groups excluding tert-OH is 1. The second kappa shape index (κ2) is 11.8. The number of hydrogen-bond acceptors (Lipinski definition) is 3. The molecule has 0 radical (unpaired) electrons. The summed E-state index contributed by atoms with van der Waals surface area (Å²) in [6.45, 7) is 4.77. The number of rotatable bonds is 7. The molecule has 3 N–H and O–H groups in total. The van der Waals surface area contributed by atoms with E-state index in [-0.39, 0.29) is 36.5 Å². The molecule has 0 bridgehead atoms. The molecule has 1 fully saturated rings. The van der Waals surface area contributed by atoms with Crippen LogP contribution in [0.15, 0.2) is 53.5 Å².